The molecule has 1 aliphatic heterocycles. The number of rotatable bonds is 4. The molecule has 23 heavy (non-hydrogen) atoms. The number of fused-ring (bicyclic) bond motifs is 1. The van der Waals surface area contributed by atoms with Crippen LogP contribution >= 0.6 is 0 Å². The van der Waals surface area contributed by atoms with E-state index in [1.807, 2.05) is 56.3 Å². The van der Waals surface area contributed by atoms with Gasteiger partial charge in [0.1, 0.15) is 11.5 Å². The molecule has 3 rings (SSSR count). The summed E-state index contributed by atoms with van der Waals surface area (Å²) in [5.41, 5.74) is 3.18. The van der Waals surface area contributed by atoms with Crippen molar-refractivity contribution in [1.29, 1.82) is 0 Å². The maximum absolute atomic E-state index is 12.5. The maximum atomic E-state index is 12.5. The van der Waals surface area contributed by atoms with Crippen LogP contribution in [0.4, 0.5) is 0 Å². The smallest absolute Gasteiger partial charge is 0.261 e. The summed E-state index contributed by atoms with van der Waals surface area (Å²) in [7, 11) is 1.64. The molecule has 0 radical (unpaired) electrons. The molecular weight excluding hydrogens is 290 g/mol. The molecule has 4 heteroatoms. The summed E-state index contributed by atoms with van der Waals surface area (Å²) in [6.45, 7) is 3.98. The highest BCUT2D eigenvalue weighted by Gasteiger charge is 2.30. The molecule has 2 atom stereocenters. The third-order valence-corrected chi connectivity index (χ3v) is 4.15. The van der Waals surface area contributed by atoms with Crippen molar-refractivity contribution in [3.05, 3.63) is 59.2 Å². The van der Waals surface area contributed by atoms with Crippen LogP contribution in [0.2, 0.25) is 0 Å². The van der Waals surface area contributed by atoms with E-state index in [0.717, 1.165) is 28.2 Å². The zero-order valence-corrected chi connectivity index (χ0v) is 13.6. The fourth-order valence-corrected chi connectivity index (χ4v) is 2.90. The van der Waals surface area contributed by atoms with Crippen LogP contribution < -0.4 is 14.8 Å². The second-order valence-corrected chi connectivity index (χ2v) is 5.89. The first kappa shape index (κ1) is 15.4. The normalized spacial score (nSPS) is 17.1. The lowest BCUT2D eigenvalue weighted by atomic mass is 10.0. The van der Waals surface area contributed by atoms with Gasteiger partial charge in [-0.3, -0.25) is 4.79 Å². The Hall–Kier alpha value is -2.49. The van der Waals surface area contributed by atoms with Gasteiger partial charge in [-0.1, -0.05) is 35.9 Å². The first-order valence-electron chi connectivity index (χ1n) is 7.78. The number of aryl methyl sites for hydroxylation is 1. The molecule has 1 amide bonds. The average molecular weight is 311 g/mol. The molecule has 120 valence electrons. The van der Waals surface area contributed by atoms with E-state index < -0.39 is 6.10 Å². The number of nitrogens with one attached hydrogen (secondary N) is 1. The van der Waals surface area contributed by atoms with E-state index in [4.69, 9.17) is 9.47 Å². The number of benzene rings is 2. The number of hydrogen-bond acceptors (Lipinski definition) is 3. The van der Waals surface area contributed by atoms with E-state index in [1.54, 1.807) is 7.11 Å². The average Bonchev–Trinajstić information content (AvgIpc) is 2.99. The Bertz CT molecular complexity index is 701. The van der Waals surface area contributed by atoms with Gasteiger partial charge in [0.15, 0.2) is 6.10 Å². The molecule has 0 aliphatic carbocycles. The second-order valence-electron chi connectivity index (χ2n) is 5.89. The highest BCUT2D eigenvalue weighted by molar-refractivity contribution is 5.83. The second kappa shape index (κ2) is 6.32. The van der Waals surface area contributed by atoms with Gasteiger partial charge in [-0.25, -0.2) is 0 Å². The van der Waals surface area contributed by atoms with Crippen LogP contribution in [0.1, 0.15) is 29.7 Å². The Morgan fingerprint density at radius 1 is 1.30 bits per heavy atom. The summed E-state index contributed by atoms with van der Waals surface area (Å²) in [4.78, 5) is 12.5. The van der Waals surface area contributed by atoms with Crippen LogP contribution in [0.15, 0.2) is 42.5 Å². The molecule has 0 saturated carbocycles. The molecule has 0 bridgehead atoms. The van der Waals surface area contributed by atoms with Crippen LogP contribution in [0, 0.1) is 6.92 Å². The lowest BCUT2D eigenvalue weighted by molar-refractivity contribution is -0.127. The van der Waals surface area contributed by atoms with Crippen molar-refractivity contribution >= 4 is 5.91 Å². The molecular formula is C19H21NO3. The van der Waals surface area contributed by atoms with Crippen molar-refractivity contribution in [3.63, 3.8) is 0 Å². The number of para-hydroxylation sites is 1. The van der Waals surface area contributed by atoms with Crippen molar-refractivity contribution < 1.29 is 14.3 Å². The van der Waals surface area contributed by atoms with Crippen LogP contribution in [0.3, 0.4) is 0 Å². The van der Waals surface area contributed by atoms with E-state index in [9.17, 15) is 4.79 Å². The summed E-state index contributed by atoms with van der Waals surface area (Å²) in [5.74, 6) is 1.48. The molecule has 1 N–H and O–H groups in total. The van der Waals surface area contributed by atoms with E-state index in [2.05, 4.69) is 5.32 Å². The summed E-state index contributed by atoms with van der Waals surface area (Å²) in [6.07, 6.45) is 0.144. The van der Waals surface area contributed by atoms with E-state index >= 15 is 0 Å². The quantitative estimate of drug-likeness (QED) is 0.943. The first-order chi connectivity index (χ1) is 11.1. The molecule has 0 aromatic heterocycles. The van der Waals surface area contributed by atoms with Crippen molar-refractivity contribution in [1.82, 2.24) is 5.32 Å². The molecule has 2 aromatic carbocycles. The fraction of sp³-hybridized carbons (Fsp3) is 0.316. The van der Waals surface area contributed by atoms with Gasteiger partial charge in [-0.2, -0.15) is 0 Å². The van der Waals surface area contributed by atoms with Gasteiger partial charge in [0, 0.05) is 12.0 Å². The zero-order chi connectivity index (χ0) is 16.4. The van der Waals surface area contributed by atoms with E-state index in [-0.39, 0.29) is 11.9 Å². The minimum Gasteiger partial charge on any atom is -0.496 e. The molecule has 1 aliphatic rings. The minimum atomic E-state index is -0.467. The molecule has 2 unspecified atom stereocenters. The number of ether oxygens (including phenoxy) is 2. The van der Waals surface area contributed by atoms with Crippen molar-refractivity contribution in [3.8, 4) is 11.5 Å². The highest BCUT2D eigenvalue weighted by Crippen LogP contribution is 2.30. The largest absolute Gasteiger partial charge is 0.496 e. The number of methoxy groups -OCH3 is 1. The predicted molar refractivity (Wildman–Crippen MR) is 88.9 cm³/mol. The zero-order valence-electron chi connectivity index (χ0n) is 13.6. The Kier molecular flexibility index (Phi) is 4.24. The van der Waals surface area contributed by atoms with Gasteiger partial charge in [-0.05, 0) is 31.5 Å². The van der Waals surface area contributed by atoms with Gasteiger partial charge in [0.2, 0.25) is 0 Å². The third kappa shape index (κ3) is 3.16. The predicted octanol–water partition coefficient (Wildman–Crippen LogP) is 3.18. The number of carbonyl (C=O) groups excluding carboxylic acids is 1. The van der Waals surface area contributed by atoms with Crippen molar-refractivity contribution in [2.45, 2.75) is 32.4 Å². The van der Waals surface area contributed by atoms with Crippen molar-refractivity contribution in [2.24, 2.45) is 0 Å². The molecule has 4 nitrogen and oxygen atoms in total. The van der Waals surface area contributed by atoms with E-state index in [0.29, 0.717) is 6.42 Å². The summed E-state index contributed by atoms with van der Waals surface area (Å²) < 4.78 is 11.1. The minimum absolute atomic E-state index is 0.0998. The monoisotopic (exact) mass is 311 g/mol. The SMILES string of the molecule is COc1ccc(C)cc1C(C)NC(=O)C1Cc2ccccc2O1. The van der Waals surface area contributed by atoms with Gasteiger partial charge in [0.25, 0.3) is 5.91 Å². The molecule has 0 fully saturated rings. The lowest BCUT2D eigenvalue weighted by Crippen LogP contribution is -2.38. The van der Waals surface area contributed by atoms with Crippen LogP contribution in [0.25, 0.3) is 0 Å². The van der Waals surface area contributed by atoms with Gasteiger partial charge >= 0.3 is 0 Å². The fourth-order valence-electron chi connectivity index (χ4n) is 2.90. The molecule has 0 spiro atoms. The van der Waals surface area contributed by atoms with Crippen molar-refractivity contribution in [2.75, 3.05) is 7.11 Å². The maximum Gasteiger partial charge on any atom is 0.261 e. The Balaban J connectivity index is 1.70. The lowest BCUT2D eigenvalue weighted by Gasteiger charge is -2.20. The first-order valence-corrected chi connectivity index (χ1v) is 7.78. The highest BCUT2D eigenvalue weighted by atomic mass is 16.5. The van der Waals surface area contributed by atoms with Crippen LogP contribution in [-0.4, -0.2) is 19.1 Å². The third-order valence-electron chi connectivity index (χ3n) is 4.15. The summed E-state index contributed by atoms with van der Waals surface area (Å²) in [6, 6.07) is 13.6. The summed E-state index contributed by atoms with van der Waals surface area (Å²) >= 11 is 0. The van der Waals surface area contributed by atoms with Gasteiger partial charge < -0.3 is 14.8 Å². The standard InChI is InChI=1S/C19H21NO3/c1-12-8-9-17(22-3)15(10-12)13(2)20-19(21)18-11-14-6-4-5-7-16(14)23-18/h4-10,13,18H,11H2,1-3H3,(H,20,21). The Morgan fingerprint density at radius 2 is 2.09 bits per heavy atom. The Labute approximate surface area is 136 Å². The molecule has 0 saturated heterocycles. The van der Waals surface area contributed by atoms with Crippen LogP contribution in [0.5, 0.6) is 11.5 Å². The number of carbonyl (C=O) groups is 1. The number of amides is 1. The van der Waals surface area contributed by atoms with Crippen LogP contribution in [-0.2, 0) is 11.2 Å². The van der Waals surface area contributed by atoms with Gasteiger partial charge in [-0.15, -0.1) is 0 Å². The Morgan fingerprint density at radius 3 is 2.83 bits per heavy atom. The summed E-state index contributed by atoms with van der Waals surface area (Å²) in [5, 5.41) is 3.03. The molecule has 2 aromatic rings. The van der Waals surface area contributed by atoms with Gasteiger partial charge in [0.05, 0.1) is 13.2 Å². The van der Waals surface area contributed by atoms with E-state index in [1.165, 1.54) is 0 Å². The molecule has 1 heterocycles. The topological polar surface area (TPSA) is 47.6 Å². The number of hydrogen-bond donors (Lipinski definition) is 1.